The molecule has 1 fully saturated rings. The van der Waals surface area contributed by atoms with Crippen molar-refractivity contribution in [3.05, 3.63) is 30.0 Å². The number of nitrogens with zero attached hydrogens (tertiary/aromatic N) is 2. The van der Waals surface area contributed by atoms with Crippen LogP contribution in [0.25, 0.3) is 10.9 Å². The number of hydrogen-bond acceptors (Lipinski definition) is 4. The number of aromatic nitrogens is 1. The van der Waals surface area contributed by atoms with Crippen LogP contribution in [0, 0.1) is 0 Å². The molecule has 128 valence electrons. The van der Waals surface area contributed by atoms with Gasteiger partial charge in [-0.1, -0.05) is 0 Å². The number of likely N-dealkylation sites (N-methyl/N-ethyl adjacent to an activating group) is 1. The Bertz CT molecular complexity index is 783. The molecule has 1 aliphatic rings. The van der Waals surface area contributed by atoms with E-state index < -0.39 is 6.04 Å². The summed E-state index contributed by atoms with van der Waals surface area (Å²) in [4.78, 5) is 26.8. The average molecular weight is 330 g/mol. The second-order valence-corrected chi connectivity index (χ2v) is 5.85. The standard InChI is InChI=1S/C17H22N4O3/c1-18-16(22)15-10-19-6-7-21(15)17(23)14-9-11-8-12(24-3)4-5-13(11)20(14)2/h4-5,8-9,15,19H,6-7,10H2,1-3H3,(H,18,22)/t15-/m0/s1. The van der Waals surface area contributed by atoms with Crippen molar-refractivity contribution in [1.82, 2.24) is 20.1 Å². The Morgan fingerprint density at radius 1 is 1.33 bits per heavy atom. The third kappa shape index (κ3) is 2.71. The van der Waals surface area contributed by atoms with Gasteiger partial charge < -0.3 is 24.8 Å². The molecule has 1 aliphatic heterocycles. The van der Waals surface area contributed by atoms with Gasteiger partial charge in [0.2, 0.25) is 5.91 Å². The van der Waals surface area contributed by atoms with E-state index in [0.717, 1.165) is 16.7 Å². The van der Waals surface area contributed by atoms with Gasteiger partial charge in [-0.25, -0.2) is 0 Å². The van der Waals surface area contributed by atoms with Gasteiger partial charge in [-0.05, 0) is 24.3 Å². The molecule has 2 amide bonds. The van der Waals surface area contributed by atoms with Gasteiger partial charge in [-0.15, -0.1) is 0 Å². The molecule has 2 aromatic rings. The Morgan fingerprint density at radius 3 is 2.83 bits per heavy atom. The van der Waals surface area contributed by atoms with Crippen molar-refractivity contribution in [2.75, 3.05) is 33.8 Å². The Balaban J connectivity index is 1.97. The van der Waals surface area contributed by atoms with Crippen LogP contribution in [0.1, 0.15) is 10.5 Å². The molecule has 1 atom stereocenters. The number of nitrogens with one attached hydrogen (secondary N) is 2. The predicted octanol–water partition coefficient (Wildman–Crippen LogP) is 0.347. The van der Waals surface area contributed by atoms with Crippen molar-refractivity contribution in [2.24, 2.45) is 7.05 Å². The van der Waals surface area contributed by atoms with E-state index in [0.29, 0.717) is 25.3 Å². The first-order valence-corrected chi connectivity index (χ1v) is 7.93. The molecule has 24 heavy (non-hydrogen) atoms. The molecule has 0 radical (unpaired) electrons. The maximum atomic E-state index is 13.0. The fraction of sp³-hybridized carbons (Fsp3) is 0.412. The van der Waals surface area contributed by atoms with Gasteiger partial charge in [-0.3, -0.25) is 9.59 Å². The highest BCUT2D eigenvalue weighted by Gasteiger charge is 2.33. The number of hydrogen-bond donors (Lipinski definition) is 2. The summed E-state index contributed by atoms with van der Waals surface area (Å²) in [6, 6.07) is 7.06. The lowest BCUT2D eigenvalue weighted by Gasteiger charge is -2.34. The minimum Gasteiger partial charge on any atom is -0.497 e. The summed E-state index contributed by atoms with van der Waals surface area (Å²) in [5.41, 5.74) is 1.51. The van der Waals surface area contributed by atoms with Gasteiger partial charge in [0.1, 0.15) is 17.5 Å². The van der Waals surface area contributed by atoms with E-state index in [4.69, 9.17) is 4.74 Å². The summed E-state index contributed by atoms with van der Waals surface area (Å²) >= 11 is 0. The van der Waals surface area contributed by atoms with Crippen LogP contribution in [-0.2, 0) is 11.8 Å². The predicted molar refractivity (Wildman–Crippen MR) is 91.2 cm³/mol. The minimum absolute atomic E-state index is 0.136. The highest BCUT2D eigenvalue weighted by molar-refractivity contribution is 6.01. The largest absolute Gasteiger partial charge is 0.497 e. The topological polar surface area (TPSA) is 75.6 Å². The van der Waals surface area contributed by atoms with E-state index in [2.05, 4.69) is 10.6 Å². The first kappa shape index (κ1) is 16.3. The molecule has 0 unspecified atom stereocenters. The van der Waals surface area contributed by atoms with E-state index in [1.54, 1.807) is 19.1 Å². The number of rotatable bonds is 3. The number of piperazine rings is 1. The monoisotopic (exact) mass is 330 g/mol. The summed E-state index contributed by atoms with van der Waals surface area (Å²) in [5, 5.41) is 6.73. The number of methoxy groups -OCH3 is 1. The third-order valence-corrected chi connectivity index (χ3v) is 4.52. The van der Waals surface area contributed by atoms with Crippen LogP contribution in [0.3, 0.4) is 0 Å². The summed E-state index contributed by atoms with van der Waals surface area (Å²) in [7, 11) is 5.06. The molecular formula is C17H22N4O3. The fourth-order valence-corrected chi connectivity index (χ4v) is 3.16. The van der Waals surface area contributed by atoms with E-state index in [9.17, 15) is 9.59 Å². The maximum absolute atomic E-state index is 13.0. The normalized spacial score (nSPS) is 17.8. The fourth-order valence-electron chi connectivity index (χ4n) is 3.16. The number of fused-ring (bicyclic) bond motifs is 1. The molecule has 1 aromatic carbocycles. The lowest BCUT2D eigenvalue weighted by atomic mass is 10.1. The zero-order valence-electron chi connectivity index (χ0n) is 14.1. The molecule has 2 N–H and O–H groups in total. The SMILES string of the molecule is CNC(=O)[C@@H]1CNCCN1C(=O)c1cc2cc(OC)ccc2n1C. The van der Waals surface area contributed by atoms with Crippen molar-refractivity contribution < 1.29 is 14.3 Å². The molecule has 1 saturated heterocycles. The molecule has 7 nitrogen and oxygen atoms in total. The number of carbonyl (C=O) groups is 2. The van der Waals surface area contributed by atoms with Crippen molar-refractivity contribution in [2.45, 2.75) is 6.04 Å². The molecule has 0 saturated carbocycles. The molecule has 0 bridgehead atoms. The lowest BCUT2D eigenvalue weighted by molar-refractivity contribution is -0.125. The van der Waals surface area contributed by atoms with E-state index in [-0.39, 0.29) is 11.8 Å². The smallest absolute Gasteiger partial charge is 0.271 e. The van der Waals surface area contributed by atoms with Crippen molar-refractivity contribution in [3.8, 4) is 5.75 Å². The van der Waals surface area contributed by atoms with Crippen LogP contribution < -0.4 is 15.4 Å². The Kier molecular flexibility index (Phi) is 4.44. The average Bonchev–Trinajstić information content (AvgIpc) is 2.96. The number of aryl methyl sites for hydroxylation is 1. The zero-order valence-corrected chi connectivity index (χ0v) is 14.1. The third-order valence-electron chi connectivity index (χ3n) is 4.52. The molecule has 3 rings (SSSR count). The van der Waals surface area contributed by atoms with Gasteiger partial charge >= 0.3 is 0 Å². The number of amides is 2. The van der Waals surface area contributed by atoms with Crippen molar-refractivity contribution in [3.63, 3.8) is 0 Å². The molecule has 0 spiro atoms. The number of carbonyl (C=O) groups excluding carboxylic acids is 2. The van der Waals surface area contributed by atoms with Gasteiger partial charge in [-0.2, -0.15) is 0 Å². The van der Waals surface area contributed by atoms with E-state index in [1.807, 2.05) is 35.9 Å². The van der Waals surface area contributed by atoms with E-state index >= 15 is 0 Å². The first-order valence-electron chi connectivity index (χ1n) is 7.93. The van der Waals surface area contributed by atoms with Gasteiger partial charge in [0, 0.05) is 44.6 Å². The molecule has 1 aromatic heterocycles. The van der Waals surface area contributed by atoms with E-state index in [1.165, 1.54) is 0 Å². The molecular weight excluding hydrogens is 308 g/mol. The van der Waals surface area contributed by atoms with Crippen LogP contribution in [0.5, 0.6) is 5.75 Å². The Labute approximate surface area is 140 Å². The highest BCUT2D eigenvalue weighted by Crippen LogP contribution is 2.25. The summed E-state index contributed by atoms with van der Waals surface area (Å²) in [5.74, 6) is 0.455. The minimum atomic E-state index is -0.496. The highest BCUT2D eigenvalue weighted by atomic mass is 16.5. The second-order valence-electron chi connectivity index (χ2n) is 5.85. The van der Waals surface area contributed by atoms with Gasteiger partial charge in [0.25, 0.3) is 5.91 Å². The first-order chi connectivity index (χ1) is 11.6. The second kappa shape index (κ2) is 6.52. The van der Waals surface area contributed by atoms with Crippen LogP contribution in [0.2, 0.25) is 0 Å². The Hall–Kier alpha value is -2.54. The molecule has 2 heterocycles. The van der Waals surface area contributed by atoms with Gasteiger partial charge in [0.15, 0.2) is 0 Å². The van der Waals surface area contributed by atoms with Crippen LogP contribution in [0.4, 0.5) is 0 Å². The number of benzene rings is 1. The lowest BCUT2D eigenvalue weighted by Crippen LogP contribution is -2.59. The summed E-state index contributed by atoms with van der Waals surface area (Å²) in [6.07, 6.45) is 0. The van der Waals surface area contributed by atoms with Crippen molar-refractivity contribution >= 4 is 22.7 Å². The van der Waals surface area contributed by atoms with Crippen LogP contribution in [-0.4, -0.2) is 61.1 Å². The molecule has 0 aliphatic carbocycles. The van der Waals surface area contributed by atoms with Crippen molar-refractivity contribution in [1.29, 1.82) is 0 Å². The number of ether oxygens (including phenoxy) is 1. The molecule has 7 heteroatoms. The summed E-state index contributed by atoms with van der Waals surface area (Å²) in [6.45, 7) is 1.64. The maximum Gasteiger partial charge on any atom is 0.271 e. The van der Waals surface area contributed by atoms with Gasteiger partial charge in [0.05, 0.1) is 7.11 Å². The van der Waals surface area contributed by atoms with Crippen LogP contribution in [0.15, 0.2) is 24.3 Å². The summed E-state index contributed by atoms with van der Waals surface area (Å²) < 4.78 is 7.11. The van der Waals surface area contributed by atoms with Crippen LogP contribution >= 0.6 is 0 Å². The Morgan fingerprint density at radius 2 is 2.12 bits per heavy atom. The zero-order chi connectivity index (χ0) is 17.3. The quantitative estimate of drug-likeness (QED) is 0.851.